The lowest BCUT2D eigenvalue weighted by Gasteiger charge is -2.05. The van der Waals surface area contributed by atoms with E-state index in [1.165, 1.54) is 0 Å². The second-order valence-corrected chi connectivity index (χ2v) is 5.29. The van der Waals surface area contributed by atoms with Crippen LogP contribution in [0.4, 0.5) is 0 Å². The Morgan fingerprint density at radius 2 is 1.52 bits per heavy atom. The average molecular weight is 311 g/mol. The van der Waals surface area contributed by atoms with E-state index in [4.69, 9.17) is 5.11 Å². The van der Waals surface area contributed by atoms with Crippen molar-refractivity contribution in [1.29, 1.82) is 0 Å². The maximum absolute atomic E-state index is 12.1. The predicted octanol–water partition coefficient (Wildman–Crippen LogP) is 2.82. The largest absolute Gasteiger partial charge is 0.396 e. The summed E-state index contributed by atoms with van der Waals surface area (Å²) in [5.74, 6) is -0.199. The van der Waals surface area contributed by atoms with Crippen molar-refractivity contribution in [1.82, 2.24) is 5.32 Å². The first-order valence-electron chi connectivity index (χ1n) is 7.77. The highest BCUT2D eigenvalue weighted by atomic mass is 16.3. The first-order chi connectivity index (χ1) is 11.2. The molecule has 2 rings (SSSR count). The zero-order valence-electron chi connectivity index (χ0n) is 13.0. The molecule has 0 saturated carbocycles. The summed E-state index contributed by atoms with van der Waals surface area (Å²) in [6.45, 7) is 0.488. The minimum atomic E-state index is -0.160. The van der Waals surface area contributed by atoms with Gasteiger partial charge in [-0.3, -0.25) is 9.59 Å². The van der Waals surface area contributed by atoms with E-state index in [2.05, 4.69) is 5.32 Å². The number of Topliss-reactive ketones (excluding diaryl/α,β-unsaturated/α-hetero) is 1. The van der Waals surface area contributed by atoms with Crippen LogP contribution in [-0.4, -0.2) is 29.9 Å². The van der Waals surface area contributed by atoms with Crippen LogP contribution in [0.15, 0.2) is 54.6 Å². The van der Waals surface area contributed by atoms with Crippen molar-refractivity contribution < 1.29 is 14.7 Å². The SMILES string of the molecule is O=C(CCC(=O)c1ccc(-c2ccccc2)cc1)NCCCO. The number of carbonyl (C=O) groups excluding carboxylic acids is 2. The molecule has 0 bridgehead atoms. The van der Waals surface area contributed by atoms with Crippen LogP contribution >= 0.6 is 0 Å². The molecule has 0 unspecified atom stereocenters. The molecule has 4 nitrogen and oxygen atoms in total. The summed E-state index contributed by atoms with van der Waals surface area (Å²) >= 11 is 0. The molecule has 0 aromatic heterocycles. The molecule has 0 fully saturated rings. The molecule has 1 amide bonds. The molecule has 2 aromatic rings. The topological polar surface area (TPSA) is 66.4 Å². The molecule has 0 saturated heterocycles. The lowest BCUT2D eigenvalue weighted by atomic mass is 10.0. The lowest BCUT2D eigenvalue weighted by molar-refractivity contribution is -0.121. The maximum Gasteiger partial charge on any atom is 0.220 e. The number of nitrogens with one attached hydrogen (secondary N) is 1. The molecule has 0 atom stereocenters. The van der Waals surface area contributed by atoms with Crippen molar-refractivity contribution in [3.63, 3.8) is 0 Å². The Kier molecular flexibility index (Phi) is 6.51. The van der Waals surface area contributed by atoms with E-state index in [0.29, 0.717) is 18.5 Å². The summed E-state index contributed by atoms with van der Waals surface area (Å²) in [7, 11) is 0. The van der Waals surface area contributed by atoms with E-state index in [0.717, 1.165) is 11.1 Å². The van der Waals surface area contributed by atoms with Gasteiger partial charge in [0.25, 0.3) is 0 Å². The number of amides is 1. The van der Waals surface area contributed by atoms with Gasteiger partial charge in [-0.1, -0.05) is 54.6 Å². The van der Waals surface area contributed by atoms with E-state index in [9.17, 15) is 9.59 Å². The summed E-state index contributed by atoms with van der Waals surface area (Å²) in [5.41, 5.74) is 2.78. The van der Waals surface area contributed by atoms with Crippen LogP contribution in [0.3, 0.4) is 0 Å². The van der Waals surface area contributed by atoms with Gasteiger partial charge in [0.1, 0.15) is 0 Å². The van der Waals surface area contributed by atoms with E-state index < -0.39 is 0 Å². The third-order valence-electron chi connectivity index (χ3n) is 3.55. The molecule has 4 heteroatoms. The van der Waals surface area contributed by atoms with Crippen molar-refractivity contribution in [2.45, 2.75) is 19.3 Å². The van der Waals surface area contributed by atoms with Gasteiger partial charge < -0.3 is 10.4 Å². The Labute approximate surface area is 136 Å². The first kappa shape index (κ1) is 16.9. The van der Waals surface area contributed by atoms with Gasteiger partial charge in [0.15, 0.2) is 5.78 Å². The standard InChI is InChI=1S/C19H21NO3/c21-14-4-13-20-19(23)12-11-18(22)17-9-7-16(8-10-17)15-5-2-1-3-6-15/h1-3,5-10,21H,4,11-14H2,(H,20,23). The molecular weight excluding hydrogens is 290 g/mol. The molecule has 120 valence electrons. The fourth-order valence-corrected chi connectivity index (χ4v) is 2.25. The minimum absolute atomic E-state index is 0.0399. The monoisotopic (exact) mass is 311 g/mol. The summed E-state index contributed by atoms with van der Waals surface area (Å²) in [5, 5.41) is 11.3. The van der Waals surface area contributed by atoms with Gasteiger partial charge in [0.2, 0.25) is 5.91 Å². The van der Waals surface area contributed by atoms with Gasteiger partial charge >= 0.3 is 0 Å². The van der Waals surface area contributed by atoms with Gasteiger partial charge in [0, 0.05) is 31.6 Å². The van der Waals surface area contributed by atoms with Crippen LogP contribution in [0.25, 0.3) is 11.1 Å². The zero-order chi connectivity index (χ0) is 16.5. The number of aliphatic hydroxyl groups is 1. The second kappa shape index (κ2) is 8.86. The van der Waals surface area contributed by atoms with Crippen LogP contribution < -0.4 is 5.32 Å². The van der Waals surface area contributed by atoms with Crippen LogP contribution in [0.1, 0.15) is 29.6 Å². The van der Waals surface area contributed by atoms with Crippen molar-refractivity contribution in [3.05, 3.63) is 60.2 Å². The highest BCUT2D eigenvalue weighted by Crippen LogP contribution is 2.19. The highest BCUT2D eigenvalue weighted by Gasteiger charge is 2.09. The van der Waals surface area contributed by atoms with Gasteiger partial charge in [-0.25, -0.2) is 0 Å². The first-order valence-corrected chi connectivity index (χ1v) is 7.77. The Bertz CT molecular complexity index is 635. The molecule has 0 radical (unpaired) electrons. The van der Waals surface area contributed by atoms with Gasteiger partial charge in [-0.2, -0.15) is 0 Å². The third-order valence-corrected chi connectivity index (χ3v) is 3.55. The number of hydrogen-bond acceptors (Lipinski definition) is 3. The van der Waals surface area contributed by atoms with E-state index in [-0.39, 0.29) is 31.1 Å². The Morgan fingerprint density at radius 3 is 2.17 bits per heavy atom. The molecular formula is C19H21NO3. The third kappa shape index (κ3) is 5.34. The Morgan fingerprint density at radius 1 is 0.870 bits per heavy atom. The van der Waals surface area contributed by atoms with Crippen LogP contribution in [0.5, 0.6) is 0 Å². The summed E-state index contributed by atoms with van der Waals surface area (Å²) in [4.78, 5) is 23.7. The molecule has 0 aliphatic rings. The van der Waals surface area contributed by atoms with Gasteiger partial charge in [-0.15, -0.1) is 0 Å². The van der Waals surface area contributed by atoms with Crippen LogP contribution in [-0.2, 0) is 4.79 Å². The smallest absolute Gasteiger partial charge is 0.220 e. The minimum Gasteiger partial charge on any atom is -0.396 e. The number of ketones is 1. The van der Waals surface area contributed by atoms with Crippen molar-refractivity contribution in [3.8, 4) is 11.1 Å². The normalized spacial score (nSPS) is 10.3. The van der Waals surface area contributed by atoms with Crippen LogP contribution in [0.2, 0.25) is 0 Å². The lowest BCUT2D eigenvalue weighted by Crippen LogP contribution is -2.25. The number of rotatable bonds is 8. The van der Waals surface area contributed by atoms with E-state index in [1.807, 2.05) is 42.5 Å². The van der Waals surface area contributed by atoms with Crippen molar-refractivity contribution >= 4 is 11.7 Å². The van der Waals surface area contributed by atoms with E-state index >= 15 is 0 Å². The van der Waals surface area contributed by atoms with E-state index in [1.54, 1.807) is 12.1 Å². The van der Waals surface area contributed by atoms with Crippen molar-refractivity contribution in [2.75, 3.05) is 13.2 Å². The fraction of sp³-hybridized carbons (Fsp3) is 0.263. The summed E-state index contributed by atoms with van der Waals surface area (Å²) < 4.78 is 0. The molecule has 2 aromatic carbocycles. The van der Waals surface area contributed by atoms with Crippen molar-refractivity contribution in [2.24, 2.45) is 0 Å². The van der Waals surface area contributed by atoms with Crippen LogP contribution in [0, 0.1) is 0 Å². The molecule has 0 aliphatic carbocycles. The number of hydrogen-bond donors (Lipinski definition) is 2. The Hall–Kier alpha value is -2.46. The fourth-order valence-electron chi connectivity index (χ4n) is 2.25. The molecule has 0 aliphatic heterocycles. The second-order valence-electron chi connectivity index (χ2n) is 5.29. The van der Waals surface area contributed by atoms with Gasteiger partial charge in [0.05, 0.1) is 0 Å². The quantitative estimate of drug-likeness (QED) is 0.582. The average Bonchev–Trinajstić information content (AvgIpc) is 2.61. The zero-order valence-corrected chi connectivity index (χ0v) is 13.0. The summed E-state index contributed by atoms with van der Waals surface area (Å²) in [6.07, 6.45) is 0.890. The molecule has 23 heavy (non-hydrogen) atoms. The molecule has 0 spiro atoms. The predicted molar refractivity (Wildman–Crippen MR) is 90.2 cm³/mol. The maximum atomic E-state index is 12.1. The highest BCUT2D eigenvalue weighted by molar-refractivity contribution is 5.98. The number of carbonyl (C=O) groups is 2. The molecule has 2 N–H and O–H groups in total. The number of aliphatic hydroxyl groups excluding tert-OH is 1. The van der Waals surface area contributed by atoms with Gasteiger partial charge in [-0.05, 0) is 17.5 Å². The Balaban J connectivity index is 1.87. The molecule has 0 heterocycles. The summed E-state index contributed by atoms with van der Waals surface area (Å²) in [6, 6.07) is 17.4. The number of benzene rings is 2.